The summed E-state index contributed by atoms with van der Waals surface area (Å²) in [5.41, 5.74) is 0.179. The minimum atomic E-state index is -3.99. The van der Waals surface area contributed by atoms with Gasteiger partial charge in [-0.2, -0.15) is 19.8 Å². The van der Waals surface area contributed by atoms with Gasteiger partial charge in [-0.3, -0.25) is 4.79 Å². The van der Waals surface area contributed by atoms with Crippen molar-refractivity contribution in [3.8, 4) is 12.1 Å². The van der Waals surface area contributed by atoms with Gasteiger partial charge in [0.15, 0.2) is 10.6 Å². The molecule has 1 aromatic heterocycles. The number of amides is 1. The molecule has 0 unspecified atom stereocenters. The highest BCUT2D eigenvalue weighted by atomic mass is 32.2. The Kier molecular flexibility index (Phi) is 8.25. The van der Waals surface area contributed by atoms with E-state index in [0.29, 0.717) is 0 Å². The van der Waals surface area contributed by atoms with Crippen molar-refractivity contribution in [1.82, 2.24) is 8.87 Å². The van der Waals surface area contributed by atoms with E-state index in [1.54, 1.807) is 0 Å². The lowest BCUT2D eigenvalue weighted by molar-refractivity contribution is 0.0997. The molecule has 35 heavy (non-hydrogen) atoms. The van der Waals surface area contributed by atoms with Crippen molar-refractivity contribution in [2.24, 2.45) is 4.99 Å². The minimum Gasteiger partial charge on any atom is -0.310 e. The molecule has 0 radical (unpaired) electrons. The Labute approximate surface area is 204 Å². The number of nitriles is 2. The Morgan fingerprint density at radius 1 is 1.14 bits per heavy atom. The molecule has 3 rings (SSSR count). The lowest BCUT2D eigenvalue weighted by Crippen LogP contribution is -2.32. The minimum absolute atomic E-state index is 0.0372. The largest absolute Gasteiger partial charge is 0.310 e. The van der Waals surface area contributed by atoms with Crippen molar-refractivity contribution in [2.45, 2.75) is 24.3 Å². The number of halogens is 2. The standard InChI is InChI=1S/C23H19F2N5O3S2/c1-2-11-30-21-19(25)14-17(24)15-20(21)34-23(30)28-22(31)16-5-7-18(8-6-16)35(32,33)29(12-3-9-26)13-4-10-27/h2,5-8,14-15H,1,3-4,11-13H2. The number of carbonyl (C=O) groups is 1. The smallest absolute Gasteiger partial charge is 0.279 e. The number of fused-ring (bicyclic) bond motifs is 1. The second kappa shape index (κ2) is 11.1. The summed E-state index contributed by atoms with van der Waals surface area (Å²) in [5.74, 6) is -2.25. The van der Waals surface area contributed by atoms with E-state index in [2.05, 4.69) is 11.6 Å². The van der Waals surface area contributed by atoms with Crippen LogP contribution in [0.2, 0.25) is 0 Å². The number of sulfonamides is 1. The fourth-order valence-electron chi connectivity index (χ4n) is 3.28. The average molecular weight is 516 g/mol. The summed E-state index contributed by atoms with van der Waals surface area (Å²) < 4.78 is 56.6. The van der Waals surface area contributed by atoms with Crippen molar-refractivity contribution in [1.29, 1.82) is 10.5 Å². The van der Waals surface area contributed by atoms with Gasteiger partial charge in [0.1, 0.15) is 5.82 Å². The molecule has 0 saturated heterocycles. The maximum Gasteiger partial charge on any atom is 0.279 e. The van der Waals surface area contributed by atoms with Crippen LogP contribution in [0.3, 0.4) is 0 Å². The molecule has 0 N–H and O–H groups in total. The fraction of sp³-hybridized carbons (Fsp3) is 0.217. The number of hydrogen-bond acceptors (Lipinski definition) is 6. The molecule has 12 heteroatoms. The van der Waals surface area contributed by atoms with Gasteiger partial charge in [-0.15, -0.1) is 6.58 Å². The first-order valence-electron chi connectivity index (χ1n) is 10.3. The predicted octanol–water partition coefficient (Wildman–Crippen LogP) is 3.73. The maximum absolute atomic E-state index is 14.4. The van der Waals surface area contributed by atoms with Crippen LogP contribution >= 0.6 is 11.3 Å². The zero-order valence-electron chi connectivity index (χ0n) is 18.3. The second-order valence-electron chi connectivity index (χ2n) is 7.18. The van der Waals surface area contributed by atoms with Crippen molar-refractivity contribution in [2.75, 3.05) is 13.1 Å². The van der Waals surface area contributed by atoms with Crippen LogP contribution in [0.15, 0.2) is 58.9 Å². The van der Waals surface area contributed by atoms with E-state index >= 15 is 0 Å². The van der Waals surface area contributed by atoms with Gasteiger partial charge in [0.2, 0.25) is 10.0 Å². The number of hydrogen-bond donors (Lipinski definition) is 0. The van der Waals surface area contributed by atoms with Gasteiger partial charge < -0.3 is 4.57 Å². The first-order chi connectivity index (χ1) is 16.7. The van der Waals surface area contributed by atoms with E-state index in [1.165, 1.54) is 34.9 Å². The predicted molar refractivity (Wildman–Crippen MR) is 125 cm³/mol. The highest BCUT2D eigenvalue weighted by Gasteiger charge is 2.24. The lowest BCUT2D eigenvalue weighted by atomic mass is 10.2. The third kappa shape index (κ3) is 5.69. The van der Waals surface area contributed by atoms with Gasteiger partial charge in [-0.05, 0) is 30.3 Å². The van der Waals surface area contributed by atoms with Gasteiger partial charge in [0.25, 0.3) is 5.91 Å². The van der Waals surface area contributed by atoms with Crippen LogP contribution in [0, 0.1) is 34.3 Å². The lowest BCUT2D eigenvalue weighted by Gasteiger charge is -2.20. The van der Waals surface area contributed by atoms with Gasteiger partial charge >= 0.3 is 0 Å². The molecule has 8 nitrogen and oxygen atoms in total. The summed E-state index contributed by atoms with van der Waals surface area (Å²) in [4.78, 5) is 16.8. The summed E-state index contributed by atoms with van der Waals surface area (Å²) >= 11 is 0.934. The van der Waals surface area contributed by atoms with Crippen LogP contribution in [-0.4, -0.2) is 36.3 Å². The van der Waals surface area contributed by atoms with E-state index < -0.39 is 27.6 Å². The Morgan fingerprint density at radius 2 is 1.77 bits per heavy atom. The molecule has 1 amide bonds. The van der Waals surface area contributed by atoms with E-state index in [9.17, 15) is 22.0 Å². The highest BCUT2D eigenvalue weighted by molar-refractivity contribution is 7.89. The van der Waals surface area contributed by atoms with E-state index in [1.807, 2.05) is 12.1 Å². The topological polar surface area (TPSA) is 119 Å². The normalized spacial score (nSPS) is 12.0. The van der Waals surface area contributed by atoms with Crippen LogP contribution in [0.4, 0.5) is 8.78 Å². The summed E-state index contributed by atoms with van der Waals surface area (Å²) in [6, 6.07) is 10.7. The molecule has 0 aliphatic rings. The Morgan fingerprint density at radius 3 is 2.34 bits per heavy atom. The molecule has 180 valence electrons. The molecule has 0 saturated carbocycles. The summed E-state index contributed by atoms with van der Waals surface area (Å²) in [6.45, 7) is 3.62. The average Bonchev–Trinajstić information content (AvgIpc) is 3.16. The van der Waals surface area contributed by atoms with Crippen LogP contribution in [-0.2, 0) is 16.6 Å². The van der Waals surface area contributed by atoms with E-state index in [0.717, 1.165) is 27.8 Å². The summed E-state index contributed by atoms with van der Waals surface area (Å²) in [6.07, 6.45) is 1.41. The summed E-state index contributed by atoms with van der Waals surface area (Å²) in [5, 5.41) is 17.6. The molecule has 3 aromatic rings. The SMILES string of the molecule is C=CCn1c(=NC(=O)c2ccc(S(=O)(=O)N(CCC#N)CCC#N)cc2)sc2cc(F)cc(F)c21. The molecule has 1 heterocycles. The molecular formula is C23H19F2N5O3S2. The number of nitrogens with zero attached hydrogens (tertiary/aromatic N) is 5. The van der Waals surface area contributed by atoms with Crippen LogP contribution in [0.5, 0.6) is 0 Å². The van der Waals surface area contributed by atoms with Crippen molar-refractivity contribution >= 4 is 37.5 Å². The fourth-order valence-corrected chi connectivity index (χ4v) is 5.80. The maximum atomic E-state index is 14.4. The molecule has 0 fully saturated rings. The first-order valence-corrected chi connectivity index (χ1v) is 12.5. The van der Waals surface area contributed by atoms with Gasteiger partial charge in [0.05, 0.1) is 27.3 Å². The van der Waals surface area contributed by atoms with Crippen molar-refractivity contribution in [3.63, 3.8) is 0 Å². The number of aromatic nitrogens is 1. The Balaban J connectivity index is 1.96. The zero-order valence-corrected chi connectivity index (χ0v) is 20.0. The molecule has 0 aliphatic heterocycles. The van der Waals surface area contributed by atoms with Crippen LogP contribution < -0.4 is 4.80 Å². The second-order valence-corrected chi connectivity index (χ2v) is 10.1. The number of allylic oxidation sites excluding steroid dienone is 1. The first kappa shape index (κ1) is 25.9. The Hall–Kier alpha value is -3.71. The third-order valence-electron chi connectivity index (χ3n) is 4.89. The van der Waals surface area contributed by atoms with Crippen molar-refractivity contribution in [3.05, 3.63) is 71.1 Å². The van der Waals surface area contributed by atoms with E-state index in [-0.39, 0.29) is 58.0 Å². The number of benzene rings is 2. The van der Waals surface area contributed by atoms with Crippen molar-refractivity contribution < 1.29 is 22.0 Å². The molecule has 0 aliphatic carbocycles. The molecular weight excluding hydrogens is 496 g/mol. The molecule has 0 bridgehead atoms. The highest BCUT2D eigenvalue weighted by Crippen LogP contribution is 2.23. The van der Waals surface area contributed by atoms with Crippen LogP contribution in [0.25, 0.3) is 10.2 Å². The molecule has 0 atom stereocenters. The zero-order chi connectivity index (χ0) is 25.6. The van der Waals surface area contributed by atoms with E-state index in [4.69, 9.17) is 10.5 Å². The number of thiazole rings is 1. The monoisotopic (exact) mass is 515 g/mol. The quantitative estimate of drug-likeness (QED) is 0.402. The van der Waals surface area contributed by atoms with Gasteiger partial charge in [-0.25, -0.2) is 17.2 Å². The molecule has 2 aromatic carbocycles. The summed E-state index contributed by atoms with van der Waals surface area (Å²) in [7, 11) is -3.99. The van der Waals surface area contributed by atoms with Crippen LogP contribution in [0.1, 0.15) is 23.2 Å². The number of rotatable bonds is 9. The third-order valence-corrected chi connectivity index (χ3v) is 7.83. The molecule has 0 spiro atoms. The van der Waals surface area contributed by atoms with Gasteiger partial charge in [0, 0.05) is 44.1 Å². The Bertz CT molecular complexity index is 1510. The van der Waals surface area contributed by atoms with Gasteiger partial charge in [-0.1, -0.05) is 17.4 Å². The number of carbonyl (C=O) groups excluding carboxylic acids is 1.